The van der Waals surface area contributed by atoms with E-state index in [1.54, 1.807) is 24.5 Å². The van der Waals surface area contributed by atoms with Crippen molar-refractivity contribution in [3.05, 3.63) is 36.4 Å². The van der Waals surface area contributed by atoms with Crippen molar-refractivity contribution in [1.82, 2.24) is 20.4 Å². The smallest absolute Gasteiger partial charge is 0.269 e. The lowest BCUT2D eigenvalue weighted by Gasteiger charge is -2.24. The number of nitrogens with zero attached hydrogens (tertiary/aromatic N) is 3. The Morgan fingerprint density at radius 2 is 1.79 bits per heavy atom. The number of hydrogen-bond acceptors (Lipinski definition) is 7. The lowest BCUT2D eigenvalue weighted by atomic mass is 9.95. The molecule has 0 aliphatic heterocycles. The van der Waals surface area contributed by atoms with Crippen LogP contribution >= 0.6 is 0 Å². The maximum atomic E-state index is 12.0. The number of pyridine rings is 1. The van der Waals surface area contributed by atoms with E-state index in [0.717, 1.165) is 12.8 Å². The lowest BCUT2D eigenvalue weighted by molar-refractivity contribution is 0.0962. The van der Waals surface area contributed by atoms with E-state index in [1.807, 2.05) is 0 Å². The van der Waals surface area contributed by atoms with Gasteiger partial charge in [0.05, 0.1) is 0 Å². The zero-order valence-corrected chi connectivity index (χ0v) is 13.3. The molecule has 0 aromatic carbocycles. The first-order chi connectivity index (χ1) is 11.7. The summed E-state index contributed by atoms with van der Waals surface area (Å²) in [6, 6.07) is 3.63. The molecular formula is C16H21N7O. The van der Waals surface area contributed by atoms with Gasteiger partial charge >= 0.3 is 0 Å². The Hall–Kier alpha value is -2.90. The maximum Gasteiger partial charge on any atom is 0.269 e. The zero-order chi connectivity index (χ0) is 16.8. The number of hydrogen-bond donors (Lipinski definition) is 4. The largest absolute Gasteiger partial charge is 0.393 e. The third-order valence-electron chi connectivity index (χ3n) is 4.07. The highest BCUT2D eigenvalue weighted by molar-refractivity contribution is 5.95. The summed E-state index contributed by atoms with van der Waals surface area (Å²) < 4.78 is 0. The second kappa shape index (κ2) is 7.58. The van der Waals surface area contributed by atoms with E-state index in [1.165, 1.54) is 25.6 Å². The fraction of sp³-hybridized carbons (Fsp3) is 0.375. The predicted octanol–water partition coefficient (Wildman–Crippen LogP) is 1.96. The number of hydrazine groups is 1. The van der Waals surface area contributed by atoms with Crippen LogP contribution in [0.15, 0.2) is 30.9 Å². The second-order valence-electron chi connectivity index (χ2n) is 5.78. The Balaban J connectivity index is 1.63. The van der Waals surface area contributed by atoms with Crippen LogP contribution in [0.1, 0.15) is 42.5 Å². The molecule has 2 heterocycles. The number of amides is 1. The molecule has 0 atom stereocenters. The molecule has 0 bridgehead atoms. The number of nitrogens with two attached hydrogens (primary N) is 1. The van der Waals surface area contributed by atoms with E-state index in [-0.39, 0.29) is 5.91 Å². The zero-order valence-electron chi connectivity index (χ0n) is 13.3. The van der Waals surface area contributed by atoms with Gasteiger partial charge in [-0.25, -0.2) is 9.97 Å². The average molecular weight is 327 g/mol. The van der Waals surface area contributed by atoms with Gasteiger partial charge in [0, 0.05) is 24.0 Å². The maximum absolute atomic E-state index is 12.0. The number of aromatic nitrogens is 3. The molecule has 0 unspecified atom stereocenters. The van der Waals surface area contributed by atoms with Crippen molar-refractivity contribution in [3.63, 3.8) is 0 Å². The summed E-state index contributed by atoms with van der Waals surface area (Å²) in [7, 11) is 0. The summed E-state index contributed by atoms with van der Waals surface area (Å²) in [5.74, 6) is 0.667. The molecule has 126 valence electrons. The molecule has 3 rings (SSSR count). The predicted molar refractivity (Wildman–Crippen MR) is 92.3 cm³/mol. The van der Waals surface area contributed by atoms with Crippen LogP contribution in [0.3, 0.4) is 0 Å². The van der Waals surface area contributed by atoms with Crippen molar-refractivity contribution in [2.75, 3.05) is 16.5 Å². The molecule has 2 aromatic rings. The van der Waals surface area contributed by atoms with Gasteiger partial charge in [0.2, 0.25) is 0 Å². The Kier molecular flexibility index (Phi) is 5.05. The topological polar surface area (TPSA) is 118 Å². The van der Waals surface area contributed by atoms with Crippen LogP contribution in [0, 0.1) is 0 Å². The molecule has 0 radical (unpaired) electrons. The van der Waals surface area contributed by atoms with Gasteiger partial charge in [-0.3, -0.25) is 20.6 Å². The van der Waals surface area contributed by atoms with Crippen LogP contribution < -0.4 is 21.9 Å². The SMILES string of the molecule is Nc1c(NNC(=O)c2ccncc2)ncnc1NC1CCCCC1. The minimum Gasteiger partial charge on any atom is -0.393 e. The third kappa shape index (κ3) is 3.89. The summed E-state index contributed by atoms with van der Waals surface area (Å²) in [5.41, 5.74) is 12.3. The van der Waals surface area contributed by atoms with Crippen LogP contribution in [-0.4, -0.2) is 26.9 Å². The average Bonchev–Trinajstić information content (AvgIpc) is 2.64. The molecule has 24 heavy (non-hydrogen) atoms. The third-order valence-corrected chi connectivity index (χ3v) is 4.07. The molecule has 1 amide bonds. The van der Waals surface area contributed by atoms with Gasteiger partial charge in [0.15, 0.2) is 11.6 Å². The van der Waals surface area contributed by atoms with Crippen LogP contribution in [-0.2, 0) is 0 Å². The van der Waals surface area contributed by atoms with E-state index < -0.39 is 0 Å². The number of carbonyl (C=O) groups excluding carboxylic acids is 1. The van der Waals surface area contributed by atoms with E-state index in [4.69, 9.17) is 5.73 Å². The highest BCUT2D eigenvalue weighted by Gasteiger charge is 2.16. The van der Waals surface area contributed by atoms with Gasteiger partial charge in [0.1, 0.15) is 12.0 Å². The molecule has 5 N–H and O–H groups in total. The highest BCUT2D eigenvalue weighted by atomic mass is 16.2. The first kappa shape index (κ1) is 16.0. The fourth-order valence-electron chi connectivity index (χ4n) is 2.74. The Morgan fingerprint density at radius 3 is 2.54 bits per heavy atom. The van der Waals surface area contributed by atoms with Gasteiger partial charge < -0.3 is 11.1 Å². The minimum atomic E-state index is -0.294. The summed E-state index contributed by atoms with van der Waals surface area (Å²) in [6.07, 6.45) is 10.5. The summed E-state index contributed by atoms with van der Waals surface area (Å²) >= 11 is 0. The molecule has 0 spiro atoms. The number of carbonyl (C=O) groups is 1. The van der Waals surface area contributed by atoms with E-state index in [9.17, 15) is 4.79 Å². The van der Waals surface area contributed by atoms with Gasteiger partial charge in [-0.15, -0.1) is 0 Å². The van der Waals surface area contributed by atoms with E-state index in [2.05, 4.69) is 31.1 Å². The highest BCUT2D eigenvalue weighted by Crippen LogP contribution is 2.26. The fourth-order valence-corrected chi connectivity index (χ4v) is 2.74. The molecule has 8 nitrogen and oxygen atoms in total. The van der Waals surface area contributed by atoms with Crippen LogP contribution in [0.25, 0.3) is 0 Å². The minimum absolute atomic E-state index is 0.294. The summed E-state index contributed by atoms with van der Waals surface area (Å²) in [6.45, 7) is 0. The number of nitrogen functional groups attached to an aromatic ring is 1. The molecule has 2 aromatic heterocycles. The molecule has 1 fully saturated rings. The molecular weight excluding hydrogens is 306 g/mol. The van der Waals surface area contributed by atoms with Crippen LogP contribution in [0.4, 0.5) is 17.3 Å². The van der Waals surface area contributed by atoms with Gasteiger partial charge in [-0.1, -0.05) is 19.3 Å². The van der Waals surface area contributed by atoms with Crippen molar-refractivity contribution in [2.24, 2.45) is 0 Å². The quantitative estimate of drug-likeness (QED) is 0.620. The summed E-state index contributed by atoms with van der Waals surface area (Å²) in [4.78, 5) is 24.2. The van der Waals surface area contributed by atoms with Crippen LogP contribution in [0.5, 0.6) is 0 Å². The van der Waals surface area contributed by atoms with Gasteiger partial charge in [-0.05, 0) is 25.0 Å². The van der Waals surface area contributed by atoms with Gasteiger partial charge in [-0.2, -0.15) is 0 Å². The Bertz CT molecular complexity index is 686. The lowest BCUT2D eigenvalue weighted by Crippen LogP contribution is -2.30. The van der Waals surface area contributed by atoms with Crippen molar-refractivity contribution >= 4 is 23.2 Å². The summed E-state index contributed by atoms with van der Waals surface area (Å²) in [5, 5.41) is 3.37. The monoisotopic (exact) mass is 327 g/mol. The van der Waals surface area contributed by atoms with Crippen molar-refractivity contribution in [2.45, 2.75) is 38.1 Å². The normalized spacial score (nSPS) is 14.8. The Labute approximate surface area is 140 Å². The van der Waals surface area contributed by atoms with Crippen molar-refractivity contribution < 1.29 is 4.79 Å². The Morgan fingerprint density at radius 1 is 1.08 bits per heavy atom. The molecule has 1 aliphatic rings. The first-order valence-electron chi connectivity index (χ1n) is 8.07. The number of rotatable bonds is 5. The molecule has 8 heteroatoms. The van der Waals surface area contributed by atoms with E-state index in [0.29, 0.717) is 28.9 Å². The van der Waals surface area contributed by atoms with Gasteiger partial charge in [0.25, 0.3) is 5.91 Å². The second-order valence-corrected chi connectivity index (χ2v) is 5.78. The standard InChI is InChI=1S/C16H21N7O/c17-13-14(21-12-4-2-1-3-5-12)19-10-20-15(13)22-23-16(24)11-6-8-18-9-7-11/h6-10,12H,1-5,17H2,(H,23,24)(H2,19,20,21,22). The van der Waals surface area contributed by atoms with E-state index >= 15 is 0 Å². The number of nitrogens with one attached hydrogen (secondary N) is 3. The molecule has 0 saturated heterocycles. The first-order valence-corrected chi connectivity index (χ1v) is 8.07. The van der Waals surface area contributed by atoms with Crippen molar-refractivity contribution in [3.8, 4) is 0 Å². The van der Waals surface area contributed by atoms with Crippen molar-refractivity contribution in [1.29, 1.82) is 0 Å². The number of anilines is 3. The molecule has 1 saturated carbocycles. The van der Waals surface area contributed by atoms with Crippen LogP contribution in [0.2, 0.25) is 0 Å². The molecule has 1 aliphatic carbocycles.